The number of amides is 1. The zero-order valence-corrected chi connectivity index (χ0v) is 19.0. The molecule has 1 saturated heterocycles. The Hall–Kier alpha value is -2.47. The lowest BCUT2D eigenvalue weighted by Gasteiger charge is -2.13. The fraction of sp³-hybridized carbons (Fsp3) is 0.300. The predicted molar refractivity (Wildman–Crippen MR) is 122 cm³/mol. The summed E-state index contributed by atoms with van der Waals surface area (Å²) in [5.41, 5.74) is 0.911. The first-order chi connectivity index (χ1) is 15.5. The number of carbonyl (C=O) groups is 1. The summed E-state index contributed by atoms with van der Waals surface area (Å²) in [6, 6.07) is 5.61. The summed E-state index contributed by atoms with van der Waals surface area (Å²) in [5, 5.41) is 13.6. The van der Waals surface area contributed by atoms with Gasteiger partial charge in [-0.2, -0.15) is 0 Å². The van der Waals surface area contributed by atoms with Crippen LogP contribution in [0.25, 0.3) is 16.0 Å². The van der Waals surface area contributed by atoms with Gasteiger partial charge in [0.1, 0.15) is 10.5 Å². The van der Waals surface area contributed by atoms with Gasteiger partial charge in [0.05, 0.1) is 34.6 Å². The summed E-state index contributed by atoms with van der Waals surface area (Å²) in [6.07, 6.45) is 1.83. The Labute approximate surface area is 194 Å². The van der Waals surface area contributed by atoms with Crippen molar-refractivity contribution in [3.8, 4) is 0 Å². The minimum absolute atomic E-state index is 0.0327. The van der Waals surface area contributed by atoms with Crippen LogP contribution in [0.2, 0.25) is 5.02 Å². The Kier molecular flexibility index (Phi) is 5.89. The van der Waals surface area contributed by atoms with Crippen molar-refractivity contribution in [3.05, 3.63) is 50.8 Å². The van der Waals surface area contributed by atoms with Crippen molar-refractivity contribution in [1.29, 1.82) is 0 Å². The SMILES string of the molecule is O=C(CSc1nnc2n(C[C@H]3CCCO3)c(=O)c3sccc3n12)Nc1ccc(F)cc1Cl. The molecule has 0 aliphatic carbocycles. The normalized spacial score (nSPS) is 16.2. The molecule has 4 aromatic rings. The Bertz CT molecular complexity index is 1380. The molecule has 1 atom stereocenters. The van der Waals surface area contributed by atoms with Gasteiger partial charge in [-0.1, -0.05) is 23.4 Å². The van der Waals surface area contributed by atoms with Crippen molar-refractivity contribution in [1.82, 2.24) is 19.2 Å². The van der Waals surface area contributed by atoms with Crippen molar-refractivity contribution in [2.45, 2.75) is 30.6 Å². The summed E-state index contributed by atoms with van der Waals surface area (Å²) in [7, 11) is 0. The molecule has 0 bridgehead atoms. The third kappa shape index (κ3) is 4.01. The highest BCUT2D eigenvalue weighted by Gasteiger charge is 2.23. The van der Waals surface area contributed by atoms with E-state index >= 15 is 0 Å². The van der Waals surface area contributed by atoms with Crippen LogP contribution in [0.4, 0.5) is 10.1 Å². The largest absolute Gasteiger partial charge is 0.376 e. The second-order valence-corrected chi connectivity index (χ2v) is 9.53. The van der Waals surface area contributed by atoms with Crippen molar-refractivity contribution in [2.75, 3.05) is 17.7 Å². The number of hydrogen-bond donors (Lipinski definition) is 1. The van der Waals surface area contributed by atoms with Crippen LogP contribution in [0.3, 0.4) is 0 Å². The highest BCUT2D eigenvalue weighted by Crippen LogP contribution is 2.26. The average Bonchev–Trinajstić information content (AvgIpc) is 3.52. The summed E-state index contributed by atoms with van der Waals surface area (Å²) in [6.45, 7) is 1.10. The molecular formula is C20H17ClFN5O3S2. The summed E-state index contributed by atoms with van der Waals surface area (Å²) in [4.78, 5) is 25.5. The monoisotopic (exact) mass is 493 g/mol. The molecule has 1 aliphatic rings. The molecule has 8 nitrogen and oxygen atoms in total. The van der Waals surface area contributed by atoms with E-state index in [1.165, 1.54) is 35.2 Å². The molecular weight excluding hydrogens is 477 g/mol. The third-order valence-electron chi connectivity index (χ3n) is 5.13. The third-order valence-corrected chi connectivity index (χ3v) is 7.26. The van der Waals surface area contributed by atoms with Crippen molar-refractivity contribution in [3.63, 3.8) is 0 Å². The zero-order valence-electron chi connectivity index (χ0n) is 16.6. The van der Waals surface area contributed by atoms with Gasteiger partial charge in [0.15, 0.2) is 5.16 Å². The Morgan fingerprint density at radius 3 is 3.03 bits per heavy atom. The van der Waals surface area contributed by atoms with Gasteiger partial charge >= 0.3 is 0 Å². The maximum absolute atomic E-state index is 13.2. The van der Waals surface area contributed by atoms with E-state index in [2.05, 4.69) is 15.5 Å². The number of aromatic nitrogens is 4. The fourth-order valence-electron chi connectivity index (χ4n) is 3.66. The van der Waals surface area contributed by atoms with Gasteiger partial charge in [-0.3, -0.25) is 18.6 Å². The van der Waals surface area contributed by atoms with Crippen LogP contribution in [0, 0.1) is 5.82 Å². The average molecular weight is 494 g/mol. The number of halogens is 2. The first-order valence-electron chi connectivity index (χ1n) is 9.85. The minimum Gasteiger partial charge on any atom is -0.376 e. The van der Waals surface area contributed by atoms with E-state index < -0.39 is 5.82 Å². The lowest BCUT2D eigenvalue weighted by Crippen LogP contribution is -2.28. The number of benzene rings is 1. The number of hydrogen-bond acceptors (Lipinski definition) is 7. The predicted octanol–water partition coefficient (Wildman–Crippen LogP) is 3.81. The maximum atomic E-state index is 13.2. The number of carbonyl (C=O) groups excluding carboxylic acids is 1. The number of nitrogens with zero attached hydrogens (tertiary/aromatic N) is 4. The molecule has 1 amide bonds. The number of nitrogens with one attached hydrogen (secondary N) is 1. The molecule has 3 aromatic heterocycles. The lowest BCUT2D eigenvalue weighted by molar-refractivity contribution is -0.113. The number of thiophene rings is 1. The van der Waals surface area contributed by atoms with Crippen LogP contribution in [0.5, 0.6) is 0 Å². The van der Waals surface area contributed by atoms with Gasteiger partial charge in [0.2, 0.25) is 11.7 Å². The molecule has 4 heterocycles. The van der Waals surface area contributed by atoms with Crippen LogP contribution < -0.4 is 10.9 Å². The lowest BCUT2D eigenvalue weighted by atomic mass is 10.2. The van der Waals surface area contributed by atoms with Gasteiger partial charge < -0.3 is 10.1 Å². The number of rotatable bonds is 6. The van der Waals surface area contributed by atoms with E-state index in [4.69, 9.17) is 16.3 Å². The van der Waals surface area contributed by atoms with Gasteiger partial charge in [-0.05, 0) is 42.5 Å². The fourth-order valence-corrected chi connectivity index (χ4v) is 5.44. The molecule has 5 rings (SSSR count). The van der Waals surface area contributed by atoms with Gasteiger partial charge in [-0.25, -0.2) is 4.39 Å². The molecule has 0 unspecified atom stereocenters. The van der Waals surface area contributed by atoms with Crippen LogP contribution >= 0.6 is 34.7 Å². The molecule has 32 heavy (non-hydrogen) atoms. The number of anilines is 1. The van der Waals surface area contributed by atoms with E-state index in [9.17, 15) is 14.0 Å². The molecule has 1 aromatic carbocycles. The smallest absolute Gasteiger partial charge is 0.272 e. The van der Waals surface area contributed by atoms with E-state index in [1.807, 2.05) is 11.4 Å². The van der Waals surface area contributed by atoms with E-state index in [0.717, 1.165) is 18.9 Å². The molecule has 1 aliphatic heterocycles. The first kappa shape index (κ1) is 21.4. The van der Waals surface area contributed by atoms with E-state index in [-0.39, 0.29) is 28.3 Å². The molecule has 0 spiro atoms. The van der Waals surface area contributed by atoms with Crippen LogP contribution in [0.1, 0.15) is 12.8 Å². The van der Waals surface area contributed by atoms with Crippen molar-refractivity contribution >= 4 is 62.3 Å². The highest BCUT2D eigenvalue weighted by atomic mass is 35.5. The van der Waals surface area contributed by atoms with Gasteiger partial charge in [-0.15, -0.1) is 21.5 Å². The van der Waals surface area contributed by atoms with E-state index in [0.29, 0.717) is 40.0 Å². The van der Waals surface area contributed by atoms with E-state index in [1.54, 1.807) is 8.97 Å². The standard InChI is InChI=1S/C20H17ClFN5O3S2/c21-13-8-11(22)3-4-14(13)23-16(28)10-32-20-25-24-19-26(9-12-2-1-6-30-12)18(29)17-15(27(19)20)5-7-31-17/h3-5,7-8,12H,1-2,6,9-10H2,(H,23,28)/t12-/m1/s1. The Morgan fingerprint density at radius 1 is 1.38 bits per heavy atom. The number of ether oxygens (including phenoxy) is 1. The molecule has 12 heteroatoms. The summed E-state index contributed by atoms with van der Waals surface area (Å²) >= 11 is 8.52. The Morgan fingerprint density at radius 2 is 2.25 bits per heavy atom. The molecule has 1 N–H and O–H groups in total. The summed E-state index contributed by atoms with van der Waals surface area (Å²) in [5.74, 6) is -0.355. The zero-order chi connectivity index (χ0) is 22.2. The van der Waals surface area contributed by atoms with Crippen LogP contribution in [0.15, 0.2) is 39.6 Å². The second-order valence-electron chi connectivity index (χ2n) is 7.26. The van der Waals surface area contributed by atoms with Crippen molar-refractivity contribution < 1.29 is 13.9 Å². The van der Waals surface area contributed by atoms with Crippen LogP contribution in [-0.4, -0.2) is 43.5 Å². The van der Waals surface area contributed by atoms with Crippen molar-refractivity contribution in [2.24, 2.45) is 0 Å². The topological polar surface area (TPSA) is 90.5 Å². The second kappa shape index (κ2) is 8.81. The first-order valence-corrected chi connectivity index (χ1v) is 12.1. The molecule has 0 radical (unpaired) electrons. The minimum atomic E-state index is -0.480. The highest BCUT2D eigenvalue weighted by molar-refractivity contribution is 7.99. The molecule has 0 saturated carbocycles. The number of thioether (sulfide) groups is 1. The molecule has 1 fully saturated rings. The van der Waals surface area contributed by atoms with Gasteiger partial charge in [0, 0.05) is 6.61 Å². The number of fused-ring (bicyclic) bond motifs is 3. The Balaban J connectivity index is 1.42. The molecule has 166 valence electrons. The summed E-state index contributed by atoms with van der Waals surface area (Å²) < 4.78 is 22.9. The quantitative estimate of drug-likeness (QED) is 0.411. The maximum Gasteiger partial charge on any atom is 0.272 e. The van der Waals surface area contributed by atoms with Gasteiger partial charge in [0.25, 0.3) is 5.56 Å². The van der Waals surface area contributed by atoms with Crippen LogP contribution in [-0.2, 0) is 16.1 Å².